The summed E-state index contributed by atoms with van der Waals surface area (Å²) in [4.78, 5) is 2.69. The number of ether oxygens (including phenoxy) is 2. The van der Waals surface area contributed by atoms with E-state index < -0.39 is 0 Å². The lowest BCUT2D eigenvalue weighted by Crippen LogP contribution is -2.39. The third-order valence-electron chi connectivity index (χ3n) is 5.13. The Morgan fingerprint density at radius 3 is 3.09 bits per heavy atom. The Kier molecular flexibility index (Phi) is 5.65. The van der Waals surface area contributed by atoms with Gasteiger partial charge < -0.3 is 19.7 Å². The lowest BCUT2D eigenvalue weighted by molar-refractivity contribution is 0.142. The smallest absolute Gasteiger partial charge is 0.184 e. The van der Waals surface area contributed by atoms with Crippen LogP contribution in [-0.4, -0.2) is 44.3 Å². The molecule has 3 rings (SSSR count). The predicted octanol–water partition coefficient (Wildman–Crippen LogP) is 3.70. The normalized spacial score (nSPS) is 21.2. The van der Waals surface area contributed by atoms with Gasteiger partial charge >= 0.3 is 0 Å². The highest BCUT2D eigenvalue weighted by Crippen LogP contribution is 2.38. The first-order valence-corrected chi connectivity index (χ1v) is 9.13. The van der Waals surface area contributed by atoms with E-state index in [2.05, 4.69) is 29.3 Å². The largest absolute Gasteiger partial charge is 0.493 e. The molecule has 1 saturated heterocycles. The van der Waals surface area contributed by atoms with Crippen molar-refractivity contribution in [1.29, 1.82) is 0 Å². The number of methoxy groups -OCH3 is 1. The maximum Gasteiger partial charge on any atom is 0.184 e. The number of aryl methyl sites for hydroxylation is 1. The van der Waals surface area contributed by atoms with Crippen LogP contribution < -0.4 is 14.8 Å². The first-order valence-electron chi connectivity index (χ1n) is 9.13. The first kappa shape index (κ1) is 16.4. The molecule has 0 amide bonds. The van der Waals surface area contributed by atoms with Crippen molar-refractivity contribution >= 4 is 5.69 Å². The third-order valence-corrected chi connectivity index (χ3v) is 5.13. The maximum absolute atomic E-state index is 5.73. The number of benzene rings is 1. The van der Waals surface area contributed by atoms with E-state index in [1.807, 2.05) is 0 Å². The number of piperidine rings is 1. The quantitative estimate of drug-likeness (QED) is 0.867. The fraction of sp³-hybridized carbons (Fsp3) is 0.684. The topological polar surface area (TPSA) is 33.7 Å². The van der Waals surface area contributed by atoms with Crippen molar-refractivity contribution in [3.8, 4) is 11.5 Å². The minimum absolute atomic E-state index is 0.704. The number of fused-ring (bicyclic) bond motifs is 1. The summed E-state index contributed by atoms with van der Waals surface area (Å²) >= 11 is 0. The summed E-state index contributed by atoms with van der Waals surface area (Å²) in [5.74, 6) is 1.72. The molecule has 2 aliphatic heterocycles. The molecular formula is C19H30N2O2. The Bertz CT molecular complexity index is 501. The molecule has 0 aromatic heterocycles. The molecule has 1 fully saturated rings. The van der Waals surface area contributed by atoms with Gasteiger partial charge in [0.05, 0.1) is 12.8 Å². The monoisotopic (exact) mass is 318 g/mol. The molecular weight excluding hydrogens is 288 g/mol. The van der Waals surface area contributed by atoms with E-state index in [-0.39, 0.29) is 0 Å². The molecule has 128 valence electrons. The highest BCUT2D eigenvalue weighted by atomic mass is 16.5. The van der Waals surface area contributed by atoms with E-state index >= 15 is 0 Å². The van der Waals surface area contributed by atoms with Gasteiger partial charge in [-0.2, -0.15) is 0 Å². The minimum atomic E-state index is 0.704. The number of nitrogens with one attached hydrogen (secondary N) is 1. The van der Waals surface area contributed by atoms with Gasteiger partial charge in [-0.1, -0.05) is 13.3 Å². The van der Waals surface area contributed by atoms with Gasteiger partial charge in [0.15, 0.2) is 11.5 Å². The van der Waals surface area contributed by atoms with Crippen LogP contribution in [0.15, 0.2) is 12.1 Å². The molecule has 23 heavy (non-hydrogen) atoms. The molecule has 0 spiro atoms. The van der Waals surface area contributed by atoms with E-state index in [0.29, 0.717) is 6.61 Å². The van der Waals surface area contributed by atoms with E-state index in [0.717, 1.165) is 36.2 Å². The van der Waals surface area contributed by atoms with Crippen LogP contribution in [-0.2, 0) is 6.42 Å². The Morgan fingerprint density at radius 2 is 2.26 bits per heavy atom. The molecule has 1 N–H and O–H groups in total. The molecule has 2 heterocycles. The lowest BCUT2D eigenvalue weighted by Gasteiger charge is -2.35. The third kappa shape index (κ3) is 3.92. The van der Waals surface area contributed by atoms with Crippen molar-refractivity contribution in [3.05, 3.63) is 17.7 Å². The van der Waals surface area contributed by atoms with E-state index in [9.17, 15) is 0 Å². The SMILES string of the molecule is CCC1CCCCN1CCCc1cc2c(c(OC)c1)OCCN2. The number of hydrogen-bond donors (Lipinski definition) is 1. The Morgan fingerprint density at radius 1 is 1.35 bits per heavy atom. The van der Waals surface area contributed by atoms with Gasteiger partial charge in [-0.25, -0.2) is 0 Å². The summed E-state index contributed by atoms with van der Waals surface area (Å²) in [7, 11) is 1.72. The summed E-state index contributed by atoms with van der Waals surface area (Å²) in [6.45, 7) is 6.38. The van der Waals surface area contributed by atoms with Crippen LogP contribution in [0.4, 0.5) is 5.69 Å². The molecule has 1 aromatic carbocycles. The number of nitrogens with zero attached hydrogens (tertiary/aromatic N) is 1. The van der Waals surface area contributed by atoms with Crippen LogP contribution in [0.5, 0.6) is 11.5 Å². The highest BCUT2D eigenvalue weighted by molar-refractivity contribution is 5.66. The van der Waals surface area contributed by atoms with Gasteiger partial charge in [-0.05, 0) is 62.9 Å². The van der Waals surface area contributed by atoms with Crippen LogP contribution in [0, 0.1) is 0 Å². The second-order valence-corrected chi connectivity index (χ2v) is 6.65. The molecule has 1 atom stereocenters. The van der Waals surface area contributed by atoms with Gasteiger partial charge in [-0.3, -0.25) is 0 Å². The van der Waals surface area contributed by atoms with Crippen molar-refractivity contribution < 1.29 is 9.47 Å². The Labute approximate surface area is 140 Å². The summed E-state index contributed by atoms with van der Waals surface area (Å²) in [6, 6.07) is 5.17. The average Bonchev–Trinajstić information content (AvgIpc) is 2.61. The highest BCUT2D eigenvalue weighted by Gasteiger charge is 2.20. The van der Waals surface area contributed by atoms with Gasteiger partial charge in [-0.15, -0.1) is 0 Å². The fourth-order valence-electron chi connectivity index (χ4n) is 3.88. The molecule has 4 heteroatoms. The van der Waals surface area contributed by atoms with Crippen molar-refractivity contribution in [1.82, 2.24) is 4.90 Å². The summed E-state index contributed by atoms with van der Waals surface area (Å²) in [6.07, 6.45) is 7.74. The molecule has 1 aromatic rings. The molecule has 1 unspecified atom stereocenters. The Hall–Kier alpha value is -1.42. The number of anilines is 1. The van der Waals surface area contributed by atoms with Gasteiger partial charge in [0.25, 0.3) is 0 Å². The average molecular weight is 318 g/mol. The first-order chi connectivity index (χ1) is 11.3. The molecule has 0 radical (unpaired) electrons. The second-order valence-electron chi connectivity index (χ2n) is 6.65. The van der Waals surface area contributed by atoms with Gasteiger partial charge in [0, 0.05) is 12.6 Å². The van der Waals surface area contributed by atoms with Crippen LogP contribution in [0.2, 0.25) is 0 Å². The number of hydrogen-bond acceptors (Lipinski definition) is 4. The molecule has 0 saturated carbocycles. The van der Waals surface area contributed by atoms with E-state index in [4.69, 9.17) is 9.47 Å². The molecule has 2 aliphatic rings. The van der Waals surface area contributed by atoms with Gasteiger partial charge in [0.2, 0.25) is 0 Å². The van der Waals surface area contributed by atoms with E-state index in [1.54, 1.807) is 7.11 Å². The molecule has 0 bridgehead atoms. The molecule has 4 nitrogen and oxygen atoms in total. The van der Waals surface area contributed by atoms with Crippen molar-refractivity contribution in [2.45, 2.75) is 51.5 Å². The van der Waals surface area contributed by atoms with Crippen LogP contribution in [0.1, 0.15) is 44.6 Å². The van der Waals surface area contributed by atoms with Crippen molar-refractivity contribution in [2.75, 3.05) is 38.7 Å². The summed E-state index contributed by atoms with van der Waals surface area (Å²) in [5, 5.41) is 3.42. The second kappa shape index (κ2) is 7.91. The number of rotatable bonds is 6. The number of likely N-dealkylation sites (tertiary alicyclic amines) is 1. The zero-order valence-electron chi connectivity index (χ0n) is 14.6. The zero-order chi connectivity index (χ0) is 16.1. The molecule has 0 aliphatic carbocycles. The summed E-state index contributed by atoms with van der Waals surface area (Å²) < 4.78 is 11.2. The zero-order valence-corrected chi connectivity index (χ0v) is 14.6. The van der Waals surface area contributed by atoms with E-state index in [1.165, 1.54) is 50.8 Å². The standard InChI is InChI=1S/C19H30N2O2/c1-3-16-8-4-5-10-21(16)11-6-7-15-13-17-19(18(14-15)22-2)23-12-9-20-17/h13-14,16,20H,3-12H2,1-2H3. The maximum atomic E-state index is 5.73. The van der Waals surface area contributed by atoms with Crippen LogP contribution in [0.3, 0.4) is 0 Å². The fourth-order valence-corrected chi connectivity index (χ4v) is 3.88. The minimum Gasteiger partial charge on any atom is -0.493 e. The Balaban J connectivity index is 1.59. The predicted molar refractivity (Wildman–Crippen MR) is 94.8 cm³/mol. The van der Waals surface area contributed by atoms with Gasteiger partial charge in [0.1, 0.15) is 6.61 Å². The van der Waals surface area contributed by atoms with Crippen molar-refractivity contribution in [2.24, 2.45) is 0 Å². The summed E-state index contributed by atoms with van der Waals surface area (Å²) in [5.41, 5.74) is 2.42. The van der Waals surface area contributed by atoms with Crippen LogP contribution >= 0.6 is 0 Å². The van der Waals surface area contributed by atoms with Crippen LogP contribution in [0.25, 0.3) is 0 Å². The lowest BCUT2D eigenvalue weighted by atomic mass is 9.99. The van der Waals surface area contributed by atoms with Crippen molar-refractivity contribution in [3.63, 3.8) is 0 Å².